The molecule has 25 heteroatoms. The van der Waals surface area contributed by atoms with Crippen LogP contribution in [0, 0.1) is 59.2 Å². The zero-order chi connectivity index (χ0) is 64.0. The van der Waals surface area contributed by atoms with Crippen LogP contribution >= 0.6 is 0 Å². The van der Waals surface area contributed by atoms with Gasteiger partial charge in [-0.15, -0.1) is 0 Å². The van der Waals surface area contributed by atoms with Crippen LogP contribution in [0.25, 0.3) is 0 Å². The number of carbonyl (C=O) groups is 10. The van der Waals surface area contributed by atoms with E-state index >= 15 is 0 Å². The highest BCUT2D eigenvalue weighted by atomic mass is 16.6. The quantitative estimate of drug-likeness (QED) is 0.0430. The van der Waals surface area contributed by atoms with E-state index in [-0.39, 0.29) is 163 Å². The van der Waals surface area contributed by atoms with Gasteiger partial charge in [0.15, 0.2) is 0 Å². The Labute approximate surface area is 502 Å². The van der Waals surface area contributed by atoms with Gasteiger partial charge in [0.2, 0.25) is 0 Å². The van der Waals surface area contributed by atoms with Gasteiger partial charge in [0.25, 0.3) is 0 Å². The standard InChI is InChI=1S/C60H102O25/c1-12-42(52(63)85-31-30-75-29-28-74-27-26-73-25-24-72-23-22-61)33-44(54(65)78-15-4)35-46(56(67)80-17-6)37-48(58(69)82-19-8)39-50(60(71)84-21-10)40-49(59(70)83-20-9)38-47(57(68)81-18-7)36-45(55(66)79-16-5)34-43(53(64)77-14-3)32-41(11)51(62)76-13-2/h41-50,61H,12-40H2,1-11H3. The molecular weight excluding hydrogens is 1120 g/mol. The molecule has 0 spiro atoms. The van der Waals surface area contributed by atoms with Crippen molar-refractivity contribution in [1.29, 1.82) is 0 Å². The molecule has 0 aliphatic carbocycles. The van der Waals surface area contributed by atoms with Crippen LogP contribution in [0.2, 0.25) is 0 Å². The maximum absolute atomic E-state index is 14.2. The van der Waals surface area contributed by atoms with E-state index in [1.54, 1.807) is 76.2 Å². The number of aliphatic hydroxyl groups is 1. The average molecular weight is 1220 g/mol. The third-order valence-electron chi connectivity index (χ3n) is 13.5. The summed E-state index contributed by atoms with van der Waals surface area (Å²) in [7, 11) is 0. The Hall–Kier alpha value is -5.50. The van der Waals surface area contributed by atoms with Crippen LogP contribution < -0.4 is 0 Å². The molecule has 25 nitrogen and oxygen atoms in total. The van der Waals surface area contributed by atoms with E-state index in [0.29, 0.717) is 26.4 Å². The van der Waals surface area contributed by atoms with Crippen molar-refractivity contribution in [2.24, 2.45) is 59.2 Å². The molecule has 0 radical (unpaired) electrons. The molecule has 0 heterocycles. The van der Waals surface area contributed by atoms with Crippen LogP contribution in [0.15, 0.2) is 0 Å². The number of aliphatic hydroxyl groups excluding tert-OH is 1. The van der Waals surface area contributed by atoms with E-state index in [1.165, 1.54) is 0 Å². The summed E-state index contributed by atoms with van der Waals surface area (Å²) in [6, 6.07) is 0. The Balaban J connectivity index is 7.10. The minimum atomic E-state index is -1.31. The highest BCUT2D eigenvalue weighted by molar-refractivity contribution is 5.82. The molecule has 0 aromatic heterocycles. The summed E-state index contributed by atoms with van der Waals surface area (Å²) in [5, 5.41) is 8.75. The average Bonchev–Trinajstić information content (AvgIpc) is 3.66. The lowest BCUT2D eigenvalue weighted by Crippen LogP contribution is -2.36. The molecule has 10 unspecified atom stereocenters. The fraction of sp³-hybridized carbons (Fsp3) is 0.833. The van der Waals surface area contributed by atoms with E-state index in [2.05, 4.69) is 0 Å². The molecule has 0 saturated heterocycles. The second kappa shape index (κ2) is 49.6. The number of carbonyl (C=O) groups excluding carboxylic acids is 10. The van der Waals surface area contributed by atoms with E-state index in [0.717, 1.165) is 0 Å². The lowest BCUT2D eigenvalue weighted by molar-refractivity contribution is -0.159. The fourth-order valence-electron chi connectivity index (χ4n) is 9.52. The molecule has 492 valence electrons. The van der Waals surface area contributed by atoms with Gasteiger partial charge in [0, 0.05) is 0 Å². The summed E-state index contributed by atoms with van der Waals surface area (Å²) in [4.78, 5) is 138. The van der Waals surface area contributed by atoms with E-state index < -0.39 is 119 Å². The number of rotatable bonds is 52. The summed E-state index contributed by atoms with van der Waals surface area (Å²) in [5.41, 5.74) is 0. The minimum Gasteiger partial charge on any atom is -0.466 e. The maximum atomic E-state index is 14.2. The third kappa shape index (κ3) is 34.4. The van der Waals surface area contributed by atoms with Crippen molar-refractivity contribution in [3.05, 3.63) is 0 Å². The number of hydrogen-bond acceptors (Lipinski definition) is 25. The Kier molecular flexibility index (Phi) is 46.4. The van der Waals surface area contributed by atoms with Crippen molar-refractivity contribution in [3.63, 3.8) is 0 Å². The molecule has 0 fully saturated rings. The Morgan fingerprint density at radius 2 is 0.435 bits per heavy atom. The van der Waals surface area contributed by atoms with Crippen molar-refractivity contribution >= 4 is 59.7 Å². The molecule has 0 aliphatic heterocycles. The van der Waals surface area contributed by atoms with Crippen molar-refractivity contribution in [3.8, 4) is 0 Å². The summed E-state index contributed by atoms with van der Waals surface area (Å²) in [6.45, 7) is 19.0. The molecule has 1 N–H and O–H groups in total. The largest absolute Gasteiger partial charge is 0.466 e. The molecule has 0 rings (SSSR count). The molecule has 0 aliphatic rings. The first kappa shape index (κ1) is 79.5. The first-order valence-electron chi connectivity index (χ1n) is 30.4. The number of ether oxygens (including phenoxy) is 14. The zero-order valence-corrected chi connectivity index (χ0v) is 52.5. The predicted octanol–water partition coefficient (Wildman–Crippen LogP) is 5.76. The minimum absolute atomic E-state index is 0.00542. The first-order chi connectivity index (χ1) is 40.8. The van der Waals surface area contributed by atoms with Crippen LogP contribution in [-0.2, 0) is 114 Å². The lowest BCUT2D eigenvalue weighted by Gasteiger charge is -2.29. The highest BCUT2D eigenvalue weighted by Gasteiger charge is 2.42. The van der Waals surface area contributed by atoms with Gasteiger partial charge in [-0.1, -0.05) is 13.8 Å². The normalized spacial score (nSPS) is 14.7. The number of hydrogen-bond donors (Lipinski definition) is 1. The zero-order valence-electron chi connectivity index (χ0n) is 52.5. The van der Waals surface area contributed by atoms with Gasteiger partial charge < -0.3 is 71.4 Å². The fourth-order valence-corrected chi connectivity index (χ4v) is 9.52. The molecule has 0 amide bonds. The monoisotopic (exact) mass is 1220 g/mol. The van der Waals surface area contributed by atoms with Gasteiger partial charge in [-0.05, 0) is 127 Å². The molecule has 0 aromatic rings. The molecule has 10 atom stereocenters. The molecule has 0 saturated carbocycles. The number of esters is 10. The van der Waals surface area contributed by atoms with Gasteiger partial charge >= 0.3 is 59.7 Å². The maximum Gasteiger partial charge on any atom is 0.309 e. The van der Waals surface area contributed by atoms with Gasteiger partial charge in [-0.3, -0.25) is 47.9 Å². The van der Waals surface area contributed by atoms with Crippen LogP contribution in [0.3, 0.4) is 0 Å². The van der Waals surface area contributed by atoms with Gasteiger partial charge in [0.1, 0.15) is 6.61 Å². The predicted molar refractivity (Wildman–Crippen MR) is 303 cm³/mol. The van der Waals surface area contributed by atoms with Gasteiger partial charge in [-0.25, -0.2) is 0 Å². The summed E-state index contributed by atoms with van der Waals surface area (Å²) in [6.07, 6.45) is -2.22. The van der Waals surface area contributed by atoms with Crippen LogP contribution in [0.1, 0.15) is 140 Å². The smallest absolute Gasteiger partial charge is 0.309 e. The summed E-state index contributed by atoms with van der Waals surface area (Å²) >= 11 is 0. The summed E-state index contributed by atoms with van der Waals surface area (Å²) in [5.74, 6) is -18.8. The van der Waals surface area contributed by atoms with E-state index in [9.17, 15) is 47.9 Å². The third-order valence-corrected chi connectivity index (χ3v) is 13.5. The van der Waals surface area contributed by atoms with E-state index in [4.69, 9.17) is 71.4 Å². The SMILES string of the molecule is CCOC(=O)C(C)CC(CC(CC(CC(CC(CC(CC(CC(CC(CC)C(=O)OCCOCCOCCOCCOCCO)C(=O)OCC)C(=O)OCC)C(=O)OCC)C(=O)OCC)C(=O)OCC)C(=O)OCC)C(=O)OCC)C(=O)OCC. The first-order valence-corrected chi connectivity index (χ1v) is 30.4. The second-order valence-corrected chi connectivity index (χ2v) is 19.8. The highest BCUT2D eigenvalue weighted by Crippen LogP contribution is 2.37. The Bertz CT molecular complexity index is 1910. The molecule has 85 heavy (non-hydrogen) atoms. The topological polar surface area (TPSA) is 320 Å². The molecular formula is C60H102O25. The van der Waals surface area contributed by atoms with E-state index in [1.807, 2.05) is 0 Å². The Morgan fingerprint density at radius 3 is 0.659 bits per heavy atom. The summed E-state index contributed by atoms with van der Waals surface area (Å²) < 4.78 is 76.0. The van der Waals surface area contributed by atoms with Crippen LogP contribution in [0.4, 0.5) is 0 Å². The van der Waals surface area contributed by atoms with Crippen molar-refractivity contribution in [2.75, 3.05) is 126 Å². The molecule has 0 bridgehead atoms. The van der Waals surface area contributed by atoms with Crippen molar-refractivity contribution in [1.82, 2.24) is 0 Å². The van der Waals surface area contributed by atoms with Crippen molar-refractivity contribution < 1.29 is 119 Å². The van der Waals surface area contributed by atoms with Gasteiger partial charge in [0.05, 0.1) is 178 Å². The van der Waals surface area contributed by atoms with Crippen LogP contribution in [-0.4, -0.2) is 190 Å². The Morgan fingerprint density at radius 1 is 0.247 bits per heavy atom. The molecule has 0 aromatic carbocycles. The lowest BCUT2D eigenvalue weighted by atomic mass is 9.76. The second-order valence-electron chi connectivity index (χ2n) is 19.8. The van der Waals surface area contributed by atoms with Crippen molar-refractivity contribution in [2.45, 2.75) is 140 Å². The van der Waals surface area contributed by atoms with Crippen LogP contribution in [0.5, 0.6) is 0 Å². The van der Waals surface area contributed by atoms with Gasteiger partial charge in [-0.2, -0.15) is 0 Å².